The Morgan fingerprint density at radius 1 is 1.50 bits per heavy atom. The second-order valence-corrected chi connectivity index (χ2v) is 4.62. The molecule has 0 aromatic heterocycles. The number of nitrogens with zero attached hydrogens (tertiary/aromatic N) is 2. The molecule has 2 rings (SSSR count). The van der Waals surface area contributed by atoms with Gasteiger partial charge >= 0.3 is 0 Å². The zero-order chi connectivity index (χ0) is 13.1. The van der Waals surface area contributed by atoms with Crippen molar-refractivity contribution in [2.75, 3.05) is 13.1 Å². The fourth-order valence-electron chi connectivity index (χ4n) is 2.08. The second-order valence-electron chi connectivity index (χ2n) is 4.62. The molecule has 1 aliphatic rings. The number of ether oxygens (including phenoxy) is 1. The quantitative estimate of drug-likeness (QED) is 0.764. The Labute approximate surface area is 107 Å². The highest BCUT2D eigenvalue weighted by molar-refractivity contribution is 5.97. The van der Waals surface area contributed by atoms with Gasteiger partial charge in [-0.3, -0.25) is 4.79 Å². The zero-order valence-electron chi connectivity index (χ0n) is 10.6. The molecule has 0 saturated heterocycles. The Morgan fingerprint density at radius 3 is 2.94 bits per heavy atom. The molecule has 0 N–H and O–H groups in total. The lowest BCUT2D eigenvalue weighted by atomic mass is 9.99. The van der Waals surface area contributed by atoms with E-state index in [1.165, 1.54) is 0 Å². The van der Waals surface area contributed by atoms with Crippen molar-refractivity contribution in [1.29, 1.82) is 5.26 Å². The SMILES string of the molecule is CC(C)Oc1ccc2c(c1)C(=O)N(CC#N)CC2. The number of amides is 1. The van der Waals surface area contributed by atoms with Gasteiger partial charge in [-0.15, -0.1) is 0 Å². The first-order valence-corrected chi connectivity index (χ1v) is 6.07. The van der Waals surface area contributed by atoms with E-state index in [1.54, 1.807) is 11.0 Å². The van der Waals surface area contributed by atoms with Gasteiger partial charge in [-0.2, -0.15) is 5.26 Å². The third-order valence-electron chi connectivity index (χ3n) is 2.88. The molecule has 0 radical (unpaired) electrons. The predicted molar refractivity (Wildman–Crippen MR) is 67.4 cm³/mol. The first kappa shape index (κ1) is 12.4. The molecule has 4 heteroatoms. The molecule has 1 amide bonds. The lowest BCUT2D eigenvalue weighted by Crippen LogP contribution is -2.37. The van der Waals surface area contributed by atoms with Crippen LogP contribution in [0.25, 0.3) is 0 Å². The summed E-state index contributed by atoms with van der Waals surface area (Å²) in [7, 11) is 0. The summed E-state index contributed by atoms with van der Waals surface area (Å²) in [5.41, 5.74) is 1.69. The van der Waals surface area contributed by atoms with E-state index in [2.05, 4.69) is 0 Å². The maximum atomic E-state index is 12.2. The van der Waals surface area contributed by atoms with Crippen LogP contribution in [0.1, 0.15) is 29.8 Å². The van der Waals surface area contributed by atoms with Gasteiger partial charge in [-0.05, 0) is 38.0 Å². The van der Waals surface area contributed by atoms with Crippen LogP contribution in [-0.2, 0) is 6.42 Å². The van der Waals surface area contributed by atoms with E-state index in [4.69, 9.17) is 10.00 Å². The molecular formula is C14H16N2O2. The van der Waals surface area contributed by atoms with Crippen molar-refractivity contribution in [2.24, 2.45) is 0 Å². The molecule has 0 saturated carbocycles. The van der Waals surface area contributed by atoms with Crippen LogP contribution >= 0.6 is 0 Å². The maximum absolute atomic E-state index is 12.2. The molecule has 18 heavy (non-hydrogen) atoms. The Bertz CT molecular complexity index is 503. The summed E-state index contributed by atoms with van der Waals surface area (Å²) >= 11 is 0. The van der Waals surface area contributed by atoms with Crippen molar-refractivity contribution in [1.82, 2.24) is 4.90 Å². The van der Waals surface area contributed by atoms with Crippen LogP contribution in [0.4, 0.5) is 0 Å². The summed E-state index contributed by atoms with van der Waals surface area (Å²) < 4.78 is 5.59. The maximum Gasteiger partial charge on any atom is 0.255 e. The first-order chi connectivity index (χ1) is 8.61. The van der Waals surface area contributed by atoms with Gasteiger partial charge < -0.3 is 9.64 Å². The Balaban J connectivity index is 2.28. The van der Waals surface area contributed by atoms with Crippen molar-refractivity contribution in [3.8, 4) is 11.8 Å². The normalized spacial score (nSPS) is 14.3. The molecular weight excluding hydrogens is 228 g/mol. The fraction of sp³-hybridized carbons (Fsp3) is 0.429. The predicted octanol–water partition coefficient (Wildman–Crippen LogP) is 2.00. The fourth-order valence-corrected chi connectivity index (χ4v) is 2.08. The number of nitriles is 1. The summed E-state index contributed by atoms with van der Waals surface area (Å²) in [6.45, 7) is 4.66. The van der Waals surface area contributed by atoms with Crippen molar-refractivity contribution in [3.63, 3.8) is 0 Å². The third kappa shape index (κ3) is 2.45. The number of fused-ring (bicyclic) bond motifs is 1. The summed E-state index contributed by atoms with van der Waals surface area (Å²) in [4.78, 5) is 13.7. The lowest BCUT2D eigenvalue weighted by molar-refractivity contribution is 0.0760. The average molecular weight is 244 g/mol. The number of rotatable bonds is 3. The van der Waals surface area contributed by atoms with Crippen molar-refractivity contribution < 1.29 is 9.53 Å². The van der Waals surface area contributed by atoms with Crippen LogP contribution < -0.4 is 4.74 Å². The van der Waals surface area contributed by atoms with Gasteiger partial charge in [-0.1, -0.05) is 6.07 Å². The topological polar surface area (TPSA) is 53.3 Å². The van der Waals surface area contributed by atoms with Gasteiger partial charge in [0.05, 0.1) is 12.2 Å². The second kappa shape index (κ2) is 5.09. The third-order valence-corrected chi connectivity index (χ3v) is 2.88. The van der Waals surface area contributed by atoms with Crippen LogP contribution in [-0.4, -0.2) is 30.0 Å². The van der Waals surface area contributed by atoms with E-state index >= 15 is 0 Å². The van der Waals surface area contributed by atoms with E-state index in [9.17, 15) is 4.79 Å². The molecule has 0 spiro atoms. The van der Waals surface area contributed by atoms with Gasteiger partial charge in [0.2, 0.25) is 0 Å². The van der Waals surface area contributed by atoms with E-state index in [-0.39, 0.29) is 18.6 Å². The van der Waals surface area contributed by atoms with Crippen molar-refractivity contribution in [2.45, 2.75) is 26.4 Å². The summed E-state index contributed by atoms with van der Waals surface area (Å²) in [6, 6.07) is 7.63. The molecule has 0 unspecified atom stereocenters. The number of carbonyl (C=O) groups excluding carboxylic acids is 1. The molecule has 1 aliphatic heterocycles. The lowest BCUT2D eigenvalue weighted by Gasteiger charge is -2.26. The minimum atomic E-state index is -0.0768. The number of carbonyl (C=O) groups is 1. The monoisotopic (exact) mass is 244 g/mol. The highest BCUT2D eigenvalue weighted by Crippen LogP contribution is 2.24. The van der Waals surface area contributed by atoms with E-state index < -0.39 is 0 Å². The van der Waals surface area contributed by atoms with E-state index in [1.807, 2.05) is 32.0 Å². The molecule has 0 bridgehead atoms. The molecule has 94 valence electrons. The van der Waals surface area contributed by atoms with Crippen molar-refractivity contribution >= 4 is 5.91 Å². The highest BCUT2D eigenvalue weighted by Gasteiger charge is 2.24. The number of hydrogen-bond donors (Lipinski definition) is 0. The molecule has 1 heterocycles. The van der Waals surface area contributed by atoms with Crippen molar-refractivity contribution in [3.05, 3.63) is 29.3 Å². The summed E-state index contributed by atoms with van der Waals surface area (Å²) in [5.74, 6) is 0.628. The Morgan fingerprint density at radius 2 is 2.28 bits per heavy atom. The van der Waals surface area contributed by atoms with Gasteiger partial charge in [0.15, 0.2) is 0 Å². The van der Waals surface area contributed by atoms with Crippen LogP contribution in [0.15, 0.2) is 18.2 Å². The smallest absolute Gasteiger partial charge is 0.255 e. The molecule has 1 aromatic rings. The van der Waals surface area contributed by atoms with Crippen LogP contribution in [0.2, 0.25) is 0 Å². The van der Waals surface area contributed by atoms with Gasteiger partial charge in [0, 0.05) is 12.1 Å². The van der Waals surface area contributed by atoms with Gasteiger partial charge in [0.25, 0.3) is 5.91 Å². The minimum absolute atomic E-state index is 0.0768. The minimum Gasteiger partial charge on any atom is -0.491 e. The van der Waals surface area contributed by atoms with E-state index in [0.717, 1.165) is 12.0 Å². The molecule has 4 nitrogen and oxygen atoms in total. The molecule has 0 fully saturated rings. The standard InChI is InChI=1S/C14H16N2O2/c1-10(2)18-12-4-3-11-5-7-16(8-6-15)14(17)13(11)9-12/h3-4,9-10H,5,7-8H2,1-2H3. The molecule has 0 atom stereocenters. The van der Waals surface area contributed by atoms with E-state index in [0.29, 0.717) is 17.9 Å². The Kier molecular flexibility index (Phi) is 3.52. The summed E-state index contributed by atoms with van der Waals surface area (Å²) in [6.07, 6.45) is 0.877. The number of hydrogen-bond acceptors (Lipinski definition) is 3. The highest BCUT2D eigenvalue weighted by atomic mass is 16.5. The van der Waals surface area contributed by atoms with Crippen LogP contribution in [0.3, 0.4) is 0 Å². The first-order valence-electron chi connectivity index (χ1n) is 6.07. The van der Waals surface area contributed by atoms with Gasteiger partial charge in [0.1, 0.15) is 12.3 Å². The molecule has 0 aliphatic carbocycles. The largest absolute Gasteiger partial charge is 0.491 e. The zero-order valence-corrected chi connectivity index (χ0v) is 10.6. The number of benzene rings is 1. The molecule has 1 aromatic carbocycles. The Hall–Kier alpha value is -2.02. The van der Waals surface area contributed by atoms with Crippen LogP contribution in [0.5, 0.6) is 5.75 Å². The van der Waals surface area contributed by atoms with Crippen LogP contribution in [0, 0.1) is 11.3 Å². The summed E-state index contributed by atoms with van der Waals surface area (Å²) in [5, 5.41) is 8.69. The average Bonchev–Trinajstić information content (AvgIpc) is 2.33. The van der Waals surface area contributed by atoms with Gasteiger partial charge in [-0.25, -0.2) is 0 Å².